The van der Waals surface area contributed by atoms with Gasteiger partial charge >= 0.3 is 0 Å². The minimum absolute atomic E-state index is 0.0244. The molecule has 84 valence electrons. The van der Waals surface area contributed by atoms with Gasteiger partial charge in [-0.3, -0.25) is 4.79 Å². The van der Waals surface area contributed by atoms with Crippen molar-refractivity contribution in [3.05, 3.63) is 10.8 Å². The minimum Gasteiger partial charge on any atom is -0.508 e. The fourth-order valence-electron chi connectivity index (χ4n) is 2.80. The van der Waals surface area contributed by atoms with E-state index < -0.39 is 5.60 Å². The average molecular weight is 231 g/mol. The van der Waals surface area contributed by atoms with E-state index >= 15 is 0 Å². The zero-order valence-corrected chi connectivity index (χ0v) is 9.67. The third-order valence-electron chi connectivity index (χ3n) is 3.78. The highest BCUT2D eigenvalue weighted by Gasteiger charge is 2.50. The van der Waals surface area contributed by atoms with Crippen LogP contribution in [-0.4, -0.2) is 23.6 Å². The predicted molar refractivity (Wildman–Crippen MR) is 56.8 cm³/mol. The molecule has 0 heterocycles. The van der Waals surface area contributed by atoms with Crippen LogP contribution >= 0.6 is 11.6 Å². The molecule has 1 unspecified atom stereocenters. The van der Waals surface area contributed by atoms with Crippen molar-refractivity contribution < 1.29 is 14.6 Å². The number of allylic oxidation sites excluding steroid dienone is 1. The fourth-order valence-corrected chi connectivity index (χ4v) is 3.12. The van der Waals surface area contributed by atoms with Gasteiger partial charge in [0.2, 0.25) is 0 Å². The molecule has 3 rings (SSSR count). The molecule has 0 aromatic rings. The molecule has 2 bridgehead atoms. The molecule has 3 atom stereocenters. The Morgan fingerprint density at radius 1 is 1.60 bits per heavy atom. The van der Waals surface area contributed by atoms with E-state index in [0.29, 0.717) is 12.8 Å². The van der Waals surface area contributed by atoms with E-state index in [1.807, 2.05) is 6.92 Å². The van der Waals surface area contributed by atoms with Crippen molar-refractivity contribution in [2.75, 3.05) is 7.11 Å². The molecule has 0 radical (unpaired) electrons. The van der Waals surface area contributed by atoms with E-state index in [0.717, 1.165) is 6.42 Å². The molecule has 0 spiro atoms. The van der Waals surface area contributed by atoms with Crippen LogP contribution in [0, 0.1) is 11.8 Å². The maximum Gasteiger partial charge on any atom is 0.181 e. The number of ketones is 1. The summed E-state index contributed by atoms with van der Waals surface area (Å²) in [4.78, 5) is 11.9. The molecule has 4 heteroatoms. The summed E-state index contributed by atoms with van der Waals surface area (Å²) in [5.41, 5.74) is -0.723. The molecule has 3 aliphatic carbocycles. The van der Waals surface area contributed by atoms with Gasteiger partial charge in [0.05, 0.1) is 0 Å². The van der Waals surface area contributed by atoms with Gasteiger partial charge in [0.15, 0.2) is 5.78 Å². The third-order valence-corrected chi connectivity index (χ3v) is 4.15. The highest BCUT2D eigenvalue weighted by molar-refractivity contribution is 6.43. The Kier molecular flexibility index (Phi) is 2.55. The van der Waals surface area contributed by atoms with Gasteiger partial charge in [0, 0.05) is 13.0 Å². The first-order valence-electron chi connectivity index (χ1n) is 5.20. The second-order valence-corrected chi connectivity index (χ2v) is 4.93. The number of aliphatic hydroxyl groups excluding tert-OH is 1. The molecule has 0 aromatic heterocycles. The lowest BCUT2D eigenvalue weighted by molar-refractivity contribution is -0.122. The number of carbonyl (C=O) groups excluding carboxylic acids is 1. The van der Waals surface area contributed by atoms with Crippen molar-refractivity contribution in [2.24, 2.45) is 11.8 Å². The summed E-state index contributed by atoms with van der Waals surface area (Å²) in [6, 6.07) is 0. The normalized spacial score (nSPS) is 40.9. The van der Waals surface area contributed by atoms with Crippen molar-refractivity contribution in [1.82, 2.24) is 0 Å². The zero-order valence-electron chi connectivity index (χ0n) is 8.92. The topological polar surface area (TPSA) is 46.5 Å². The molecular weight excluding hydrogens is 216 g/mol. The first-order valence-corrected chi connectivity index (χ1v) is 5.58. The fraction of sp³-hybridized carbons (Fsp3) is 0.727. The minimum atomic E-state index is -0.723. The van der Waals surface area contributed by atoms with Gasteiger partial charge in [-0.2, -0.15) is 0 Å². The van der Waals surface area contributed by atoms with Gasteiger partial charge in [-0.1, -0.05) is 18.5 Å². The molecule has 0 aliphatic heterocycles. The number of rotatable bonds is 1. The SMILES string of the molecule is CO[C@@]12CC[C@@H](C(=O)C(Cl)=C1O)C(C)C2. The molecule has 3 aliphatic rings. The van der Waals surface area contributed by atoms with Gasteiger partial charge in [-0.15, -0.1) is 0 Å². The first kappa shape index (κ1) is 11.0. The van der Waals surface area contributed by atoms with Crippen molar-refractivity contribution >= 4 is 17.4 Å². The maximum absolute atomic E-state index is 11.9. The molecule has 0 amide bonds. The van der Waals surface area contributed by atoms with Gasteiger partial charge in [-0.25, -0.2) is 0 Å². The molecule has 3 nitrogen and oxygen atoms in total. The molecule has 0 saturated heterocycles. The highest BCUT2D eigenvalue weighted by Crippen LogP contribution is 2.47. The van der Waals surface area contributed by atoms with Gasteiger partial charge in [-0.05, 0) is 25.2 Å². The van der Waals surface area contributed by atoms with Crippen LogP contribution < -0.4 is 0 Å². The summed E-state index contributed by atoms with van der Waals surface area (Å²) in [5.74, 6) is -0.0309. The van der Waals surface area contributed by atoms with Gasteiger partial charge in [0.1, 0.15) is 16.4 Å². The standard InChI is InChI=1S/C11H15ClO3/c1-6-5-11(15-2)4-3-7(6)9(13)8(12)10(11)14/h6-7,14H,3-5H2,1-2H3/t6?,7-,11-/m1/s1. The van der Waals surface area contributed by atoms with Gasteiger partial charge in [0.25, 0.3) is 0 Å². The number of hydrogen-bond acceptors (Lipinski definition) is 3. The Labute approximate surface area is 94.1 Å². The van der Waals surface area contributed by atoms with Crippen LogP contribution in [0.25, 0.3) is 0 Å². The van der Waals surface area contributed by atoms with E-state index in [1.54, 1.807) is 7.11 Å². The summed E-state index contributed by atoms with van der Waals surface area (Å²) in [7, 11) is 1.56. The average Bonchev–Trinajstić information content (AvgIpc) is 2.36. The predicted octanol–water partition coefficient (Wildman–Crippen LogP) is 2.40. The number of Topliss-reactive ketones (excluding diaryl/α,β-unsaturated/α-hetero) is 1. The van der Waals surface area contributed by atoms with Crippen LogP contribution in [0.15, 0.2) is 10.8 Å². The highest BCUT2D eigenvalue weighted by atomic mass is 35.5. The van der Waals surface area contributed by atoms with E-state index in [-0.39, 0.29) is 28.4 Å². The second kappa shape index (κ2) is 3.49. The van der Waals surface area contributed by atoms with E-state index in [2.05, 4.69) is 0 Å². The van der Waals surface area contributed by atoms with Crippen LogP contribution in [-0.2, 0) is 9.53 Å². The van der Waals surface area contributed by atoms with Crippen LogP contribution in [0.5, 0.6) is 0 Å². The lowest BCUT2D eigenvalue weighted by atomic mass is 9.73. The number of fused-ring (bicyclic) bond motifs is 3. The van der Waals surface area contributed by atoms with E-state index in [4.69, 9.17) is 16.3 Å². The summed E-state index contributed by atoms with van der Waals surface area (Å²) in [6.45, 7) is 2.01. The third kappa shape index (κ3) is 1.41. The Bertz CT molecular complexity index is 337. The summed E-state index contributed by atoms with van der Waals surface area (Å²) in [5, 5.41) is 9.96. The lowest BCUT2D eigenvalue weighted by Gasteiger charge is -2.38. The van der Waals surface area contributed by atoms with Crippen LogP contribution in [0.4, 0.5) is 0 Å². The Balaban J connectivity index is 2.52. The molecule has 1 N–H and O–H groups in total. The number of hydrogen-bond donors (Lipinski definition) is 1. The Morgan fingerprint density at radius 3 is 2.80 bits per heavy atom. The number of halogens is 1. The monoisotopic (exact) mass is 230 g/mol. The van der Waals surface area contributed by atoms with Crippen molar-refractivity contribution in [2.45, 2.75) is 31.8 Å². The Morgan fingerprint density at radius 2 is 2.27 bits per heavy atom. The zero-order chi connectivity index (χ0) is 11.2. The molecule has 1 saturated carbocycles. The second-order valence-electron chi connectivity index (χ2n) is 4.55. The summed E-state index contributed by atoms with van der Waals surface area (Å²) >= 11 is 5.89. The molecule has 15 heavy (non-hydrogen) atoms. The van der Waals surface area contributed by atoms with E-state index in [1.165, 1.54) is 0 Å². The first-order chi connectivity index (χ1) is 7.02. The lowest BCUT2D eigenvalue weighted by Crippen LogP contribution is -2.40. The van der Waals surface area contributed by atoms with Crippen LogP contribution in [0.3, 0.4) is 0 Å². The van der Waals surface area contributed by atoms with Crippen molar-refractivity contribution in [3.8, 4) is 0 Å². The molecule has 0 aromatic carbocycles. The number of ether oxygens (including phenoxy) is 1. The quantitative estimate of drug-likeness (QED) is 0.753. The van der Waals surface area contributed by atoms with Crippen LogP contribution in [0.2, 0.25) is 0 Å². The smallest absolute Gasteiger partial charge is 0.181 e. The number of carbonyl (C=O) groups is 1. The van der Waals surface area contributed by atoms with Crippen molar-refractivity contribution in [3.63, 3.8) is 0 Å². The summed E-state index contributed by atoms with van der Waals surface area (Å²) < 4.78 is 5.40. The van der Waals surface area contributed by atoms with Crippen molar-refractivity contribution in [1.29, 1.82) is 0 Å². The van der Waals surface area contributed by atoms with E-state index in [9.17, 15) is 9.90 Å². The molecule has 1 fully saturated rings. The number of aliphatic hydroxyl groups is 1. The Hall–Kier alpha value is -0.540. The summed E-state index contributed by atoms with van der Waals surface area (Å²) in [6.07, 6.45) is 2.09. The molecular formula is C11H15ClO3. The number of methoxy groups -OCH3 is 1. The van der Waals surface area contributed by atoms with Gasteiger partial charge < -0.3 is 9.84 Å². The van der Waals surface area contributed by atoms with Crippen LogP contribution in [0.1, 0.15) is 26.2 Å². The largest absolute Gasteiger partial charge is 0.508 e. The maximum atomic E-state index is 11.9.